The number of para-hydroxylation sites is 1. The van der Waals surface area contributed by atoms with Crippen LogP contribution in [0.25, 0.3) is 0 Å². The number of nitrogens with one attached hydrogen (secondary N) is 1. The summed E-state index contributed by atoms with van der Waals surface area (Å²) in [6.45, 7) is 5.47. The van der Waals surface area contributed by atoms with Gasteiger partial charge >= 0.3 is 0 Å². The number of likely N-dealkylation sites (tertiary alicyclic amines) is 1. The molecule has 0 amide bonds. The van der Waals surface area contributed by atoms with E-state index in [-0.39, 0.29) is 0 Å². The topological polar surface area (TPSA) is 24.5 Å². The van der Waals surface area contributed by atoms with Crippen molar-refractivity contribution in [1.82, 2.24) is 10.2 Å². The zero-order valence-electron chi connectivity index (χ0n) is 15.4. The average molecular weight is 338 g/mol. The van der Waals surface area contributed by atoms with Crippen LogP contribution in [0.2, 0.25) is 0 Å². The Labute approximate surface area is 152 Å². The molecule has 0 bridgehead atoms. The van der Waals surface area contributed by atoms with Crippen molar-refractivity contribution in [2.75, 3.05) is 20.2 Å². The minimum Gasteiger partial charge on any atom is -0.496 e. The predicted molar refractivity (Wildman–Crippen MR) is 104 cm³/mol. The molecule has 134 valence electrons. The fourth-order valence-electron chi connectivity index (χ4n) is 4.00. The molecule has 0 spiro atoms. The normalized spacial score (nSPS) is 21.2. The maximum absolute atomic E-state index is 5.51. The summed E-state index contributed by atoms with van der Waals surface area (Å²) in [5.41, 5.74) is 2.65. The van der Waals surface area contributed by atoms with Crippen LogP contribution in [0.15, 0.2) is 54.6 Å². The van der Waals surface area contributed by atoms with Gasteiger partial charge in [0.1, 0.15) is 5.75 Å². The van der Waals surface area contributed by atoms with Crippen molar-refractivity contribution in [3.63, 3.8) is 0 Å². The monoisotopic (exact) mass is 338 g/mol. The molecular formula is C22H30N2O. The van der Waals surface area contributed by atoms with Crippen molar-refractivity contribution in [3.05, 3.63) is 65.7 Å². The van der Waals surface area contributed by atoms with Crippen LogP contribution >= 0.6 is 0 Å². The first-order valence-corrected chi connectivity index (χ1v) is 9.47. The predicted octanol–water partition coefficient (Wildman–Crippen LogP) is 4.40. The smallest absolute Gasteiger partial charge is 0.123 e. The number of rotatable bonds is 7. The first-order valence-electron chi connectivity index (χ1n) is 9.47. The second-order valence-electron chi connectivity index (χ2n) is 6.83. The lowest BCUT2D eigenvalue weighted by atomic mass is 9.90. The third kappa shape index (κ3) is 4.42. The summed E-state index contributed by atoms with van der Waals surface area (Å²) in [4.78, 5) is 2.65. The van der Waals surface area contributed by atoms with Gasteiger partial charge in [0.15, 0.2) is 0 Å². The second kappa shape index (κ2) is 9.02. The first-order chi connectivity index (χ1) is 12.3. The fourth-order valence-corrected chi connectivity index (χ4v) is 4.00. The molecule has 1 heterocycles. The zero-order valence-corrected chi connectivity index (χ0v) is 15.4. The van der Waals surface area contributed by atoms with Crippen molar-refractivity contribution < 1.29 is 4.74 Å². The quantitative estimate of drug-likeness (QED) is 0.810. The number of hydrogen-bond donors (Lipinski definition) is 1. The molecule has 1 N–H and O–H groups in total. The molecule has 1 aliphatic heterocycles. The summed E-state index contributed by atoms with van der Waals surface area (Å²) >= 11 is 0. The highest BCUT2D eigenvalue weighted by molar-refractivity contribution is 5.33. The molecule has 3 heteroatoms. The van der Waals surface area contributed by atoms with Crippen LogP contribution in [0.5, 0.6) is 5.75 Å². The van der Waals surface area contributed by atoms with Gasteiger partial charge in [-0.15, -0.1) is 0 Å². The molecule has 0 aromatic heterocycles. The Morgan fingerprint density at radius 2 is 1.84 bits per heavy atom. The summed E-state index contributed by atoms with van der Waals surface area (Å²) in [7, 11) is 1.75. The van der Waals surface area contributed by atoms with Crippen LogP contribution in [-0.4, -0.2) is 31.1 Å². The van der Waals surface area contributed by atoms with Crippen molar-refractivity contribution in [2.45, 2.75) is 44.8 Å². The Balaban J connectivity index is 1.77. The lowest BCUT2D eigenvalue weighted by Gasteiger charge is -2.42. The highest BCUT2D eigenvalue weighted by Gasteiger charge is 2.31. The molecule has 2 atom stereocenters. The van der Waals surface area contributed by atoms with Crippen LogP contribution in [-0.2, 0) is 6.54 Å². The molecule has 0 aliphatic carbocycles. The molecule has 0 unspecified atom stereocenters. The largest absolute Gasteiger partial charge is 0.496 e. The van der Waals surface area contributed by atoms with Crippen LogP contribution in [0, 0.1) is 0 Å². The van der Waals surface area contributed by atoms with Crippen molar-refractivity contribution >= 4 is 0 Å². The number of methoxy groups -OCH3 is 1. The summed E-state index contributed by atoms with van der Waals surface area (Å²) < 4.78 is 5.51. The van der Waals surface area contributed by atoms with Crippen molar-refractivity contribution in [3.8, 4) is 5.75 Å². The molecule has 0 radical (unpaired) electrons. The van der Waals surface area contributed by atoms with Gasteiger partial charge in [-0.3, -0.25) is 4.90 Å². The third-order valence-corrected chi connectivity index (χ3v) is 5.13. The molecule has 1 aliphatic rings. The highest BCUT2D eigenvalue weighted by Crippen LogP contribution is 2.32. The maximum atomic E-state index is 5.51. The minimum absolute atomic E-state index is 0.449. The van der Waals surface area contributed by atoms with Gasteiger partial charge in [-0.2, -0.15) is 0 Å². The first kappa shape index (κ1) is 18.0. The molecule has 0 saturated carbocycles. The van der Waals surface area contributed by atoms with Crippen LogP contribution < -0.4 is 10.1 Å². The molecule has 1 saturated heterocycles. The molecule has 2 aromatic carbocycles. The standard InChI is InChI=1S/C22H30N2O/c1-3-15-24-16-9-13-20(22(24)18-10-5-4-6-11-18)23-17-19-12-7-8-14-21(19)25-2/h4-8,10-12,14,20,22-23H,3,9,13,15-17H2,1-2H3/t20-,22-/m1/s1. The van der Waals surface area contributed by atoms with Crippen LogP contribution in [0.3, 0.4) is 0 Å². The van der Waals surface area contributed by atoms with Gasteiger partial charge in [-0.05, 0) is 44.0 Å². The SMILES string of the molecule is CCCN1CCC[C@@H](NCc2ccccc2OC)[C@H]1c1ccccc1. The van der Waals surface area contributed by atoms with E-state index in [2.05, 4.69) is 59.6 Å². The maximum Gasteiger partial charge on any atom is 0.123 e. The fraction of sp³-hybridized carbons (Fsp3) is 0.455. The number of hydrogen-bond acceptors (Lipinski definition) is 3. The number of nitrogens with zero attached hydrogens (tertiary/aromatic N) is 1. The van der Waals surface area contributed by atoms with Crippen LogP contribution in [0.1, 0.15) is 43.4 Å². The Hall–Kier alpha value is -1.84. The summed E-state index contributed by atoms with van der Waals surface area (Å²) in [6, 6.07) is 20.2. The number of benzene rings is 2. The van der Waals surface area contributed by atoms with Gasteiger partial charge in [-0.1, -0.05) is 55.5 Å². The second-order valence-corrected chi connectivity index (χ2v) is 6.83. The van der Waals surface area contributed by atoms with E-state index in [4.69, 9.17) is 4.74 Å². The lowest BCUT2D eigenvalue weighted by molar-refractivity contribution is 0.111. The highest BCUT2D eigenvalue weighted by atomic mass is 16.5. The summed E-state index contributed by atoms with van der Waals surface area (Å²) in [5.74, 6) is 0.965. The lowest BCUT2D eigenvalue weighted by Crippen LogP contribution is -2.48. The summed E-state index contributed by atoms with van der Waals surface area (Å²) in [5, 5.41) is 3.83. The molecule has 2 aromatic rings. The Morgan fingerprint density at radius 3 is 2.60 bits per heavy atom. The third-order valence-electron chi connectivity index (χ3n) is 5.13. The zero-order chi connectivity index (χ0) is 17.5. The van der Waals surface area contributed by atoms with E-state index in [9.17, 15) is 0 Å². The van der Waals surface area contributed by atoms with Gasteiger partial charge in [0.25, 0.3) is 0 Å². The van der Waals surface area contributed by atoms with E-state index in [0.29, 0.717) is 12.1 Å². The molecular weight excluding hydrogens is 308 g/mol. The molecule has 3 nitrogen and oxygen atoms in total. The Bertz CT molecular complexity index is 641. The number of ether oxygens (including phenoxy) is 1. The molecule has 1 fully saturated rings. The molecule has 3 rings (SSSR count). The van der Waals surface area contributed by atoms with E-state index in [0.717, 1.165) is 18.8 Å². The minimum atomic E-state index is 0.449. The number of piperidine rings is 1. The van der Waals surface area contributed by atoms with Gasteiger partial charge in [0, 0.05) is 18.2 Å². The van der Waals surface area contributed by atoms with Gasteiger partial charge < -0.3 is 10.1 Å². The van der Waals surface area contributed by atoms with E-state index >= 15 is 0 Å². The van der Waals surface area contributed by atoms with E-state index in [1.54, 1.807) is 7.11 Å². The Morgan fingerprint density at radius 1 is 1.08 bits per heavy atom. The Kier molecular flexibility index (Phi) is 6.48. The van der Waals surface area contributed by atoms with E-state index < -0.39 is 0 Å². The van der Waals surface area contributed by atoms with E-state index in [1.807, 2.05) is 12.1 Å². The van der Waals surface area contributed by atoms with Gasteiger partial charge in [0.2, 0.25) is 0 Å². The van der Waals surface area contributed by atoms with Gasteiger partial charge in [-0.25, -0.2) is 0 Å². The van der Waals surface area contributed by atoms with Crippen molar-refractivity contribution in [2.24, 2.45) is 0 Å². The van der Waals surface area contributed by atoms with Crippen LogP contribution in [0.4, 0.5) is 0 Å². The molecule has 25 heavy (non-hydrogen) atoms. The van der Waals surface area contributed by atoms with Gasteiger partial charge in [0.05, 0.1) is 13.2 Å². The average Bonchev–Trinajstić information content (AvgIpc) is 2.67. The van der Waals surface area contributed by atoms with Crippen molar-refractivity contribution in [1.29, 1.82) is 0 Å². The van der Waals surface area contributed by atoms with E-state index in [1.165, 1.54) is 36.9 Å². The summed E-state index contributed by atoms with van der Waals surface area (Å²) in [6.07, 6.45) is 3.67.